The summed E-state index contributed by atoms with van der Waals surface area (Å²) in [4.78, 5) is 30.4. The van der Waals surface area contributed by atoms with E-state index in [1.54, 1.807) is 25.2 Å². The zero-order chi connectivity index (χ0) is 21.1. The Morgan fingerprint density at radius 1 is 1.03 bits per heavy atom. The van der Waals surface area contributed by atoms with E-state index >= 15 is 0 Å². The van der Waals surface area contributed by atoms with E-state index in [-0.39, 0.29) is 11.8 Å². The number of carbonyl (C=O) groups excluding carboxylic acids is 2. The molecule has 0 bridgehead atoms. The summed E-state index contributed by atoms with van der Waals surface area (Å²) < 4.78 is 0. The van der Waals surface area contributed by atoms with E-state index in [1.165, 1.54) is 34.8 Å². The molecule has 0 atom stereocenters. The second-order valence-corrected chi connectivity index (χ2v) is 8.46. The van der Waals surface area contributed by atoms with Crippen molar-refractivity contribution < 1.29 is 9.59 Å². The average molecular weight is 420 g/mol. The molecule has 0 unspecified atom stereocenters. The van der Waals surface area contributed by atoms with Crippen LogP contribution < -0.4 is 15.1 Å². The van der Waals surface area contributed by atoms with Crippen molar-refractivity contribution in [3.63, 3.8) is 0 Å². The number of anilines is 3. The molecule has 1 saturated heterocycles. The minimum Gasteiger partial charge on any atom is -0.371 e. The van der Waals surface area contributed by atoms with E-state index in [0.717, 1.165) is 24.3 Å². The molecule has 1 aliphatic rings. The molecular formula is C24H25N3O2S. The number of rotatable bonds is 5. The van der Waals surface area contributed by atoms with E-state index in [4.69, 9.17) is 0 Å². The van der Waals surface area contributed by atoms with Gasteiger partial charge in [-0.05, 0) is 67.1 Å². The fourth-order valence-electron chi connectivity index (χ4n) is 3.88. The van der Waals surface area contributed by atoms with Gasteiger partial charge in [-0.1, -0.05) is 18.2 Å². The van der Waals surface area contributed by atoms with E-state index in [1.807, 2.05) is 35.7 Å². The van der Waals surface area contributed by atoms with Gasteiger partial charge in [0.05, 0.1) is 16.1 Å². The van der Waals surface area contributed by atoms with Crippen molar-refractivity contribution in [3.8, 4) is 0 Å². The van der Waals surface area contributed by atoms with Crippen LogP contribution in [-0.4, -0.2) is 32.0 Å². The lowest BCUT2D eigenvalue weighted by Gasteiger charge is -2.21. The van der Waals surface area contributed by atoms with Crippen LogP contribution >= 0.6 is 11.3 Å². The number of hydrogen-bond acceptors (Lipinski definition) is 4. The van der Waals surface area contributed by atoms with Crippen LogP contribution in [0.3, 0.4) is 0 Å². The SMILES string of the molecule is Cc1cc(NC(=O)c2ccccc2N(C)C(=O)c2cccs2)ccc1N1CCCC1. The number of benzene rings is 2. The number of aryl methyl sites for hydroxylation is 1. The number of nitrogens with one attached hydrogen (secondary N) is 1. The lowest BCUT2D eigenvalue weighted by atomic mass is 10.1. The molecule has 2 aromatic carbocycles. The third-order valence-corrected chi connectivity index (χ3v) is 6.31. The van der Waals surface area contributed by atoms with Gasteiger partial charge >= 0.3 is 0 Å². The summed E-state index contributed by atoms with van der Waals surface area (Å²) in [6, 6.07) is 16.8. The predicted octanol–water partition coefficient (Wildman–Crippen LogP) is 5.19. The van der Waals surface area contributed by atoms with Gasteiger partial charge in [-0.2, -0.15) is 0 Å². The average Bonchev–Trinajstić information content (AvgIpc) is 3.47. The second-order valence-electron chi connectivity index (χ2n) is 7.51. The van der Waals surface area contributed by atoms with Crippen LogP contribution in [0.15, 0.2) is 60.0 Å². The largest absolute Gasteiger partial charge is 0.371 e. The van der Waals surface area contributed by atoms with Crippen molar-refractivity contribution in [2.24, 2.45) is 0 Å². The van der Waals surface area contributed by atoms with Crippen LogP contribution in [0, 0.1) is 6.92 Å². The van der Waals surface area contributed by atoms with Gasteiger partial charge in [0.15, 0.2) is 0 Å². The smallest absolute Gasteiger partial charge is 0.268 e. The quantitative estimate of drug-likeness (QED) is 0.619. The minimum atomic E-state index is -0.232. The number of thiophene rings is 1. The first kappa shape index (κ1) is 20.2. The Kier molecular flexibility index (Phi) is 5.86. The minimum absolute atomic E-state index is 0.129. The molecule has 154 valence electrons. The number of hydrogen-bond donors (Lipinski definition) is 1. The number of amides is 2. The van der Waals surface area contributed by atoms with Crippen molar-refractivity contribution >= 4 is 40.2 Å². The summed E-state index contributed by atoms with van der Waals surface area (Å²) in [7, 11) is 1.70. The zero-order valence-electron chi connectivity index (χ0n) is 17.2. The molecule has 0 saturated carbocycles. The van der Waals surface area contributed by atoms with Gasteiger partial charge in [0.25, 0.3) is 11.8 Å². The summed E-state index contributed by atoms with van der Waals surface area (Å²) in [6.07, 6.45) is 2.46. The second kappa shape index (κ2) is 8.71. The Morgan fingerprint density at radius 2 is 1.80 bits per heavy atom. The molecule has 2 heterocycles. The molecule has 6 heteroatoms. The molecule has 0 radical (unpaired) electrons. The molecule has 0 aliphatic carbocycles. The standard InChI is InChI=1S/C24H25N3O2S/c1-17-16-18(11-12-20(17)27-13-5-6-14-27)25-23(28)19-8-3-4-9-21(19)26(2)24(29)22-10-7-15-30-22/h3-4,7-12,15-16H,5-6,13-14H2,1-2H3,(H,25,28). The summed E-state index contributed by atoms with van der Waals surface area (Å²) in [5.74, 6) is -0.360. The molecular weight excluding hydrogens is 394 g/mol. The monoisotopic (exact) mass is 419 g/mol. The Bertz CT molecular complexity index is 1060. The molecule has 5 nitrogen and oxygen atoms in total. The van der Waals surface area contributed by atoms with Crippen LogP contribution in [0.25, 0.3) is 0 Å². The molecule has 0 spiro atoms. The Labute approximate surface area is 180 Å². The first-order valence-corrected chi connectivity index (χ1v) is 11.0. The van der Waals surface area contributed by atoms with Crippen molar-refractivity contribution in [1.29, 1.82) is 0 Å². The maximum atomic E-state index is 13.0. The summed E-state index contributed by atoms with van der Waals surface area (Å²) in [5, 5.41) is 4.86. The molecule has 3 aromatic rings. The summed E-state index contributed by atoms with van der Waals surface area (Å²) >= 11 is 1.39. The van der Waals surface area contributed by atoms with Gasteiger partial charge in [0, 0.05) is 31.5 Å². The van der Waals surface area contributed by atoms with Gasteiger partial charge < -0.3 is 15.1 Å². The van der Waals surface area contributed by atoms with Crippen molar-refractivity contribution in [1.82, 2.24) is 0 Å². The van der Waals surface area contributed by atoms with E-state index in [0.29, 0.717) is 16.1 Å². The highest BCUT2D eigenvalue weighted by Gasteiger charge is 2.21. The van der Waals surface area contributed by atoms with Crippen LogP contribution in [0.5, 0.6) is 0 Å². The number of carbonyl (C=O) groups is 2. The lowest BCUT2D eigenvalue weighted by molar-refractivity contribution is 0.0996. The normalized spacial score (nSPS) is 13.3. The van der Waals surface area contributed by atoms with Gasteiger partial charge in [0.1, 0.15) is 0 Å². The fourth-order valence-corrected chi connectivity index (χ4v) is 4.58. The van der Waals surface area contributed by atoms with Crippen LogP contribution in [0.2, 0.25) is 0 Å². The molecule has 4 rings (SSSR count). The molecule has 30 heavy (non-hydrogen) atoms. The Balaban J connectivity index is 1.54. The summed E-state index contributed by atoms with van der Waals surface area (Å²) in [5.41, 5.74) is 4.17. The topological polar surface area (TPSA) is 52.7 Å². The number of nitrogens with zero attached hydrogens (tertiary/aromatic N) is 2. The van der Waals surface area contributed by atoms with Crippen LogP contribution in [0.1, 0.15) is 38.4 Å². The van der Waals surface area contributed by atoms with E-state index < -0.39 is 0 Å². The first-order valence-electron chi connectivity index (χ1n) is 10.1. The van der Waals surface area contributed by atoms with Crippen molar-refractivity contribution in [2.75, 3.05) is 35.3 Å². The van der Waals surface area contributed by atoms with Gasteiger partial charge in [0.2, 0.25) is 0 Å². The number of para-hydroxylation sites is 1. The van der Waals surface area contributed by atoms with Crippen LogP contribution in [-0.2, 0) is 0 Å². The Morgan fingerprint density at radius 3 is 2.50 bits per heavy atom. The summed E-state index contributed by atoms with van der Waals surface area (Å²) in [6.45, 7) is 4.25. The molecule has 1 N–H and O–H groups in total. The highest BCUT2D eigenvalue weighted by molar-refractivity contribution is 7.12. The predicted molar refractivity (Wildman–Crippen MR) is 124 cm³/mol. The third-order valence-electron chi connectivity index (χ3n) is 5.45. The molecule has 1 aliphatic heterocycles. The first-order chi connectivity index (χ1) is 14.5. The molecule has 1 aromatic heterocycles. The Hall–Kier alpha value is -3.12. The van der Waals surface area contributed by atoms with Crippen molar-refractivity contribution in [3.05, 3.63) is 76.0 Å². The molecule has 1 fully saturated rings. The van der Waals surface area contributed by atoms with Gasteiger partial charge in [-0.15, -0.1) is 11.3 Å². The maximum absolute atomic E-state index is 13.0. The van der Waals surface area contributed by atoms with Gasteiger partial charge in [-0.3, -0.25) is 9.59 Å². The highest BCUT2D eigenvalue weighted by Crippen LogP contribution is 2.28. The van der Waals surface area contributed by atoms with E-state index in [2.05, 4.69) is 23.2 Å². The van der Waals surface area contributed by atoms with Crippen LogP contribution in [0.4, 0.5) is 17.1 Å². The molecule has 2 amide bonds. The van der Waals surface area contributed by atoms with Crippen molar-refractivity contribution in [2.45, 2.75) is 19.8 Å². The fraction of sp³-hybridized carbons (Fsp3) is 0.250. The maximum Gasteiger partial charge on any atom is 0.268 e. The highest BCUT2D eigenvalue weighted by atomic mass is 32.1. The van der Waals surface area contributed by atoms with E-state index in [9.17, 15) is 9.59 Å². The lowest BCUT2D eigenvalue weighted by Crippen LogP contribution is -2.28. The zero-order valence-corrected chi connectivity index (χ0v) is 18.0. The third kappa shape index (κ3) is 4.09. The van der Waals surface area contributed by atoms with Gasteiger partial charge in [-0.25, -0.2) is 0 Å².